The highest BCUT2D eigenvalue weighted by Crippen LogP contribution is 2.48. The van der Waals surface area contributed by atoms with Gasteiger partial charge in [-0.3, -0.25) is 0 Å². The summed E-state index contributed by atoms with van der Waals surface area (Å²) in [5.41, 5.74) is 4.91. The average molecular weight is 1890 g/mol. The van der Waals surface area contributed by atoms with Gasteiger partial charge in [-0.2, -0.15) is 0 Å². The van der Waals surface area contributed by atoms with Gasteiger partial charge in [0.2, 0.25) is 7.83 Å². The van der Waals surface area contributed by atoms with Crippen molar-refractivity contribution in [2.45, 2.75) is 239 Å². The number of carbonyl (C=O) groups is 4. The number of aryl methyl sites for hydroxylation is 1. The van der Waals surface area contributed by atoms with Crippen molar-refractivity contribution in [3.05, 3.63) is 222 Å². The van der Waals surface area contributed by atoms with Crippen LogP contribution in [-0.2, 0) is 52.6 Å². The summed E-state index contributed by atoms with van der Waals surface area (Å²) in [6, 6.07) is 61.0. The van der Waals surface area contributed by atoms with Gasteiger partial charge < -0.3 is 74.9 Å². The Morgan fingerprint density at radius 1 is 0.244 bits per heavy atom. The van der Waals surface area contributed by atoms with Crippen LogP contribution in [0, 0.1) is 6.92 Å². The number of rotatable bonds is 34. The molecule has 0 bridgehead atoms. The smallest absolute Gasteiger partial charge is 0.456 e. The Kier molecular flexibility index (Phi) is 31.1. The summed E-state index contributed by atoms with van der Waals surface area (Å²) in [4.78, 5) is 52.6. The molecule has 2 aliphatic carbocycles. The van der Waals surface area contributed by atoms with Gasteiger partial charge in [-0.25, -0.2) is 19.2 Å². The quantitative estimate of drug-likeness (QED) is 0.0207. The molecule has 2 fully saturated rings. The fourth-order valence-electron chi connectivity index (χ4n) is 17.4. The van der Waals surface area contributed by atoms with Crippen LogP contribution in [0.25, 0.3) is 0 Å². The molecule has 0 aliphatic heterocycles. The maximum Gasteiger partial charge on any atom is 0.519 e. The molecular weight excluding hydrogens is 1750 g/mol. The number of carbonyl (C=O) groups excluding carboxylic acids is 4. The maximum absolute atomic E-state index is 13.7. The van der Waals surface area contributed by atoms with Gasteiger partial charge in [-0.15, -0.1) is 0 Å². The molecule has 10 rings (SSSR count). The normalized spacial score (nSPS) is 16.9. The van der Waals surface area contributed by atoms with Crippen LogP contribution in [0.15, 0.2) is 194 Å². The summed E-state index contributed by atoms with van der Waals surface area (Å²) in [5, 5.41) is 3.69. The van der Waals surface area contributed by atoms with Gasteiger partial charge in [0.25, 0.3) is 0 Å². The van der Waals surface area contributed by atoms with Crippen molar-refractivity contribution in [3.63, 3.8) is 0 Å². The predicted molar refractivity (Wildman–Crippen MR) is 515 cm³/mol. The SMILES string of the molecule is COC(=O)Oc1ccc(C2(c3ccc(OC(=O)Oc4ccc([Si](C)(O[Si](C)(C)O[Si](C)(O[Si](C)(C)C)c5ccc(OC(=O)Oc6ccc(C7(c8ccc(OC(=O)Oc9ccc([Si](C)(O[Si](C)(C)O[Si](C)(C)C)O[Si](C)(C)O[Si](C)(O[Si](C)(C)C)c%10ccc(C)cc%10)cc9)cc8)CCCCC7)cc6)cc5)[Si](C)(C)O[Si](C)(C)C)cc4)cc3)CCCCC2)cc1. The van der Waals surface area contributed by atoms with E-state index in [0.717, 1.165) is 113 Å². The third kappa shape index (κ3) is 26.9. The average Bonchev–Trinajstić information content (AvgIpc) is 0.749. The molecule has 4 atom stereocenters. The van der Waals surface area contributed by atoms with E-state index in [1.165, 1.54) is 7.11 Å². The lowest BCUT2D eigenvalue weighted by molar-refractivity contribution is 0.121. The van der Waals surface area contributed by atoms with E-state index in [4.69, 9.17) is 70.2 Å². The molecule has 2 aliphatic rings. The Labute approximate surface area is 742 Å². The van der Waals surface area contributed by atoms with Crippen LogP contribution in [0.1, 0.15) is 92.0 Å². The van der Waals surface area contributed by atoms with E-state index < -0.39 is 125 Å². The monoisotopic (exact) mass is 1880 g/mol. The molecule has 21 nitrogen and oxygen atoms in total. The van der Waals surface area contributed by atoms with Crippen LogP contribution in [-0.4, -0.2) is 132 Å². The zero-order valence-electron chi connectivity index (χ0n) is 77.1. The Balaban J connectivity index is 0.767. The first-order chi connectivity index (χ1) is 57.1. The summed E-state index contributed by atoms with van der Waals surface area (Å²) in [7, 11) is -31.9. The summed E-state index contributed by atoms with van der Waals surface area (Å²) in [6.07, 6.45) is 6.68. The minimum absolute atomic E-state index is 0.262. The van der Waals surface area contributed by atoms with Gasteiger partial charge in [0.1, 0.15) is 40.2 Å². The van der Waals surface area contributed by atoms with Crippen LogP contribution in [0.3, 0.4) is 0 Å². The zero-order valence-corrected chi connectivity index (χ0v) is 89.1. The number of hydrogen-bond acceptors (Lipinski definition) is 21. The fourth-order valence-corrected chi connectivity index (χ4v) is 81.4. The number of hydrogen-bond donors (Lipinski definition) is 0. The molecule has 8 aromatic carbocycles. The molecule has 4 unspecified atom stereocenters. The highest BCUT2D eigenvalue weighted by molar-refractivity contribution is 7.43. The van der Waals surface area contributed by atoms with E-state index >= 15 is 0 Å². The summed E-state index contributed by atoms with van der Waals surface area (Å²) >= 11 is 0. The van der Waals surface area contributed by atoms with Gasteiger partial charge >= 0.3 is 76.0 Å². The Morgan fingerprint density at radius 3 is 0.724 bits per heavy atom. The van der Waals surface area contributed by atoms with Gasteiger partial charge in [-0.05, 0) is 318 Å². The van der Waals surface area contributed by atoms with Crippen molar-refractivity contribution in [2.24, 2.45) is 0 Å². The molecule has 8 aromatic rings. The highest BCUT2D eigenvalue weighted by atomic mass is 29.3. The van der Waals surface area contributed by atoms with E-state index in [9.17, 15) is 19.2 Å². The van der Waals surface area contributed by atoms with Crippen molar-refractivity contribution >= 4 is 146 Å². The third-order valence-corrected chi connectivity index (χ3v) is 73.9. The molecule has 0 spiro atoms. The molecule has 2 saturated carbocycles. The zero-order chi connectivity index (χ0) is 90.3. The van der Waals surface area contributed by atoms with Gasteiger partial charge in [-0.1, -0.05) is 153 Å². The van der Waals surface area contributed by atoms with Gasteiger partial charge in [0, 0.05) is 10.8 Å². The van der Waals surface area contributed by atoms with Crippen LogP contribution in [0.4, 0.5) is 19.2 Å². The largest absolute Gasteiger partial charge is 0.519 e. The molecule has 0 N–H and O–H groups in total. The van der Waals surface area contributed by atoms with Crippen LogP contribution < -0.4 is 53.9 Å². The lowest BCUT2D eigenvalue weighted by atomic mass is 9.65. The first-order valence-corrected chi connectivity index (χ1v) is 78.0. The molecule has 123 heavy (non-hydrogen) atoms. The number of methoxy groups -OCH3 is 1. The van der Waals surface area contributed by atoms with Crippen LogP contribution in [0.5, 0.6) is 40.2 Å². The second-order valence-corrected chi connectivity index (χ2v) is 90.9. The second kappa shape index (κ2) is 39.0. The predicted octanol–water partition coefficient (Wildman–Crippen LogP) is 22.3. The maximum atomic E-state index is 13.7. The van der Waals surface area contributed by atoms with Crippen molar-refractivity contribution in [1.29, 1.82) is 0 Å². The van der Waals surface area contributed by atoms with E-state index in [1.807, 2.05) is 84.9 Å². The topological polar surface area (TPSA) is 225 Å². The standard InChI is InChI=1S/C90H130O21Si12/c1-69-33-57-81(58-34-69)120(23,105-114(9,10)11)108-117(17,18)109-122(25,107-116(15,16)103-112(3,4)5)83-61-53-79(54-62-83)101-87(93)98-76-47-41-73(42-48-76)90(67-31-28-32-68-90)72-39-45-75(46-40-72)97-86(92)100-78-51-59-82(60-52-78)121(24,106-115(12,13)14)110-118(19,20)111-123(26,119(21,22)104-113(6,7)8)84-63-55-80(56-64-84)102-88(94)99-77-49-37-71(38-50-77)89(65-29-27-30-66-89)70-35-43-74(44-36-70)96-85(91)95-2/h33-64H,27-32,65-68H2,1-26H3. The van der Waals surface area contributed by atoms with Crippen LogP contribution >= 0.6 is 0 Å². The Bertz CT molecular complexity index is 4890. The molecule has 33 heteroatoms. The first-order valence-electron chi connectivity index (χ1n) is 42.7. The van der Waals surface area contributed by atoms with E-state index in [2.05, 4.69) is 193 Å². The molecular formula is C90H130O21Si12. The lowest BCUT2D eigenvalue weighted by Crippen LogP contribution is -2.74. The fraction of sp³-hybridized carbons (Fsp3) is 0.422. The third-order valence-electron chi connectivity index (χ3n) is 21.8. The molecule has 0 saturated heterocycles. The minimum atomic E-state index is -3.35. The number of benzene rings is 8. The summed E-state index contributed by atoms with van der Waals surface area (Å²) < 4.78 is 110. The minimum Gasteiger partial charge on any atom is -0.456 e. The van der Waals surface area contributed by atoms with Crippen molar-refractivity contribution in [3.8, 4) is 40.2 Å². The lowest BCUT2D eigenvalue weighted by Gasteiger charge is -2.48. The molecule has 664 valence electrons. The highest BCUT2D eigenvalue weighted by Gasteiger charge is 2.58. The number of ether oxygens (including phenoxy) is 8. The van der Waals surface area contributed by atoms with Crippen molar-refractivity contribution in [2.75, 3.05) is 7.11 Å². The van der Waals surface area contributed by atoms with E-state index in [-0.39, 0.29) is 16.6 Å². The molecule has 0 radical (unpaired) electrons. The molecule has 0 heterocycles. The van der Waals surface area contributed by atoms with Gasteiger partial charge in [0.15, 0.2) is 41.1 Å². The van der Waals surface area contributed by atoms with E-state index in [1.54, 1.807) is 84.9 Å². The first kappa shape index (κ1) is 98.3. The van der Waals surface area contributed by atoms with Crippen molar-refractivity contribution < 1.29 is 94.1 Å². The Morgan fingerprint density at radius 2 is 0.463 bits per heavy atom. The Hall–Kier alpha value is -6.92. The van der Waals surface area contributed by atoms with E-state index in [0.29, 0.717) is 34.5 Å². The molecule has 0 aromatic heterocycles. The summed E-state index contributed by atoms with van der Waals surface area (Å²) in [5.74, 6) is 2.29. The van der Waals surface area contributed by atoms with Crippen LogP contribution in [0.2, 0.25) is 157 Å². The van der Waals surface area contributed by atoms with Gasteiger partial charge in [0.05, 0.1) is 7.11 Å². The second-order valence-electron chi connectivity index (χ2n) is 38.7. The summed E-state index contributed by atoms with van der Waals surface area (Å²) in [6.45, 7) is 53.5. The van der Waals surface area contributed by atoms with Crippen molar-refractivity contribution in [1.82, 2.24) is 0 Å². The molecule has 0 amide bonds.